The minimum atomic E-state index is -0.498. The van der Waals surface area contributed by atoms with Crippen LogP contribution in [0.3, 0.4) is 0 Å². The highest BCUT2D eigenvalue weighted by molar-refractivity contribution is 7.09. The number of benzene rings is 1. The number of hydrogen-bond acceptors (Lipinski definition) is 4. The van der Waals surface area contributed by atoms with Gasteiger partial charge in [-0.1, -0.05) is 30.3 Å². The van der Waals surface area contributed by atoms with Crippen molar-refractivity contribution in [2.45, 2.75) is 56.8 Å². The first-order chi connectivity index (χ1) is 11.2. The van der Waals surface area contributed by atoms with Gasteiger partial charge in [-0.2, -0.15) is 0 Å². The third-order valence-electron chi connectivity index (χ3n) is 5.10. The summed E-state index contributed by atoms with van der Waals surface area (Å²) >= 11 is 0. The highest BCUT2D eigenvalue weighted by Crippen LogP contribution is 2.38. The fraction of sp³-hybridized carbons (Fsp3) is 0.667. The molecule has 2 rings (SSSR count). The Morgan fingerprint density at radius 3 is 2.30 bits per heavy atom. The lowest BCUT2D eigenvalue weighted by Crippen LogP contribution is -2.25. The summed E-state index contributed by atoms with van der Waals surface area (Å²) in [6.07, 6.45) is 3.70. The second-order valence-corrected chi connectivity index (χ2v) is 6.84. The Labute approximate surface area is 141 Å². The third kappa shape index (κ3) is 5.51. The number of hydrogen-bond donors (Lipinski definition) is 3. The summed E-state index contributed by atoms with van der Waals surface area (Å²) in [6, 6.07) is 10.3. The third-order valence-corrected chi connectivity index (χ3v) is 5.48. The summed E-state index contributed by atoms with van der Waals surface area (Å²) in [4.78, 5) is 0. The van der Waals surface area contributed by atoms with E-state index in [-0.39, 0.29) is 24.5 Å². The Morgan fingerprint density at radius 2 is 1.70 bits per heavy atom. The van der Waals surface area contributed by atoms with Crippen LogP contribution in [0.5, 0.6) is 0 Å². The number of aryl methyl sites for hydroxylation is 1. The van der Waals surface area contributed by atoms with E-state index in [0.717, 1.165) is 25.7 Å². The molecule has 1 saturated carbocycles. The Kier molecular flexibility index (Phi) is 7.94. The van der Waals surface area contributed by atoms with E-state index in [4.69, 9.17) is 9.63 Å². The molecule has 23 heavy (non-hydrogen) atoms. The van der Waals surface area contributed by atoms with Gasteiger partial charge in [0.25, 0.3) is 0 Å². The van der Waals surface area contributed by atoms with Crippen LogP contribution < -0.4 is 0 Å². The minimum Gasteiger partial charge on any atom is -0.396 e. The van der Waals surface area contributed by atoms with Gasteiger partial charge in [0.05, 0.1) is 18.3 Å². The first-order valence-electron chi connectivity index (χ1n) is 8.52. The Bertz CT molecular complexity index is 442. The van der Waals surface area contributed by atoms with Crippen molar-refractivity contribution in [3.8, 4) is 0 Å². The minimum absolute atomic E-state index is 0.00529. The average Bonchev–Trinajstić information content (AvgIpc) is 2.83. The van der Waals surface area contributed by atoms with Crippen molar-refractivity contribution >= 4 is 9.47 Å². The fourth-order valence-corrected chi connectivity index (χ4v) is 4.03. The summed E-state index contributed by atoms with van der Waals surface area (Å²) in [5, 5.41) is 29.4. The summed E-state index contributed by atoms with van der Waals surface area (Å²) in [7, 11) is 2.35. The van der Waals surface area contributed by atoms with E-state index < -0.39 is 12.2 Å². The predicted molar refractivity (Wildman–Crippen MR) is 93.9 cm³/mol. The van der Waals surface area contributed by atoms with Crippen LogP contribution in [0.4, 0.5) is 0 Å². The highest BCUT2D eigenvalue weighted by Gasteiger charge is 2.40. The molecule has 130 valence electrons. The zero-order valence-electron chi connectivity index (χ0n) is 13.6. The number of aliphatic hydroxyl groups excluding tert-OH is 3. The molecule has 1 unspecified atom stereocenters. The van der Waals surface area contributed by atoms with Crippen molar-refractivity contribution in [3.05, 3.63) is 35.9 Å². The summed E-state index contributed by atoms with van der Waals surface area (Å²) in [5.41, 5.74) is 1.30. The lowest BCUT2D eigenvalue weighted by molar-refractivity contribution is 0.0795. The molecule has 1 aliphatic carbocycles. The molecule has 5 heteroatoms. The molecule has 0 aliphatic heterocycles. The van der Waals surface area contributed by atoms with Crippen molar-refractivity contribution in [2.24, 2.45) is 11.8 Å². The van der Waals surface area contributed by atoms with Crippen LogP contribution >= 0.6 is 9.47 Å². The molecule has 6 atom stereocenters. The van der Waals surface area contributed by atoms with Gasteiger partial charge >= 0.3 is 0 Å². The van der Waals surface area contributed by atoms with Crippen molar-refractivity contribution in [1.29, 1.82) is 0 Å². The van der Waals surface area contributed by atoms with Crippen LogP contribution in [-0.4, -0.2) is 40.2 Å². The molecule has 0 heterocycles. The van der Waals surface area contributed by atoms with E-state index in [2.05, 4.69) is 21.6 Å². The van der Waals surface area contributed by atoms with Crippen LogP contribution in [0.15, 0.2) is 30.3 Å². The van der Waals surface area contributed by atoms with E-state index in [1.165, 1.54) is 5.56 Å². The maximum atomic E-state index is 10.2. The van der Waals surface area contributed by atoms with E-state index >= 15 is 0 Å². The molecule has 0 aromatic heterocycles. The van der Waals surface area contributed by atoms with Gasteiger partial charge < -0.3 is 19.8 Å². The Morgan fingerprint density at radius 1 is 1.04 bits per heavy atom. The maximum Gasteiger partial charge on any atom is 0.0614 e. The maximum absolute atomic E-state index is 10.2. The van der Waals surface area contributed by atoms with Gasteiger partial charge in [-0.25, -0.2) is 0 Å². The van der Waals surface area contributed by atoms with Crippen molar-refractivity contribution in [1.82, 2.24) is 0 Å². The normalized spacial score (nSPS) is 28.9. The first kappa shape index (κ1) is 18.8. The zero-order chi connectivity index (χ0) is 16.7. The van der Waals surface area contributed by atoms with Crippen molar-refractivity contribution in [3.63, 3.8) is 0 Å². The molecule has 1 aromatic carbocycles. The van der Waals surface area contributed by atoms with Crippen LogP contribution in [-0.2, 0) is 10.9 Å². The van der Waals surface area contributed by atoms with Crippen LogP contribution in [0.1, 0.15) is 37.7 Å². The van der Waals surface area contributed by atoms with Crippen molar-refractivity contribution < 1.29 is 19.8 Å². The van der Waals surface area contributed by atoms with E-state index in [1.807, 2.05) is 18.2 Å². The molecule has 0 bridgehead atoms. The van der Waals surface area contributed by atoms with Gasteiger partial charge in [-0.05, 0) is 55.9 Å². The van der Waals surface area contributed by atoms with Crippen LogP contribution in [0, 0.1) is 11.8 Å². The van der Waals surface area contributed by atoms with Gasteiger partial charge in [-0.15, -0.1) is 0 Å². The van der Waals surface area contributed by atoms with Crippen molar-refractivity contribution in [2.75, 3.05) is 6.61 Å². The molecule has 3 N–H and O–H groups in total. The second-order valence-electron chi connectivity index (χ2n) is 6.57. The van der Waals surface area contributed by atoms with Crippen LogP contribution in [0.2, 0.25) is 0 Å². The number of rotatable bonds is 9. The van der Waals surface area contributed by atoms with Gasteiger partial charge in [-0.3, -0.25) is 0 Å². The Hall–Kier alpha value is -0.510. The van der Waals surface area contributed by atoms with Gasteiger partial charge in [0.15, 0.2) is 0 Å². The van der Waals surface area contributed by atoms with Gasteiger partial charge in [0.2, 0.25) is 0 Å². The molecule has 0 spiro atoms. The van der Waals surface area contributed by atoms with E-state index in [9.17, 15) is 10.2 Å². The molecule has 0 amide bonds. The zero-order valence-corrected chi connectivity index (χ0v) is 14.7. The smallest absolute Gasteiger partial charge is 0.0614 e. The van der Waals surface area contributed by atoms with E-state index in [1.54, 1.807) is 0 Å². The molecule has 4 nitrogen and oxygen atoms in total. The fourth-order valence-electron chi connectivity index (χ4n) is 3.76. The largest absolute Gasteiger partial charge is 0.396 e. The highest BCUT2D eigenvalue weighted by atomic mass is 31.0. The summed E-state index contributed by atoms with van der Waals surface area (Å²) < 4.78 is 5.51. The van der Waals surface area contributed by atoms with Crippen LogP contribution in [0.25, 0.3) is 0 Å². The van der Waals surface area contributed by atoms with Gasteiger partial charge in [0.1, 0.15) is 0 Å². The Balaban J connectivity index is 1.82. The molecular weight excluding hydrogens is 311 g/mol. The van der Waals surface area contributed by atoms with E-state index in [0.29, 0.717) is 12.8 Å². The first-order valence-corrected chi connectivity index (χ1v) is 8.99. The number of aliphatic hydroxyl groups is 3. The predicted octanol–water partition coefficient (Wildman–Crippen LogP) is 2.32. The lowest BCUT2D eigenvalue weighted by atomic mass is 9.86. The topological polar surface area (TPSA) is 69.9 Å². The van der Waals surface area contributed by atoms with Gasteiger partial charge in [0, 0.05) is 16.1 Å². The molecule has 0 saturated heterocycles. The summed E-state index contributed by atoms with van der Waals surface area (Å²) in [6.45, 7) is 0.0580. The monoisotopic (exact) mass is 340 g/mol. The SMILES string of the molecule is OCC[C@@H]1[C@@H](CC[C@@H](CCc2ccccc2)OP)[C@H](O)C[C@@H]1O. The quantitative estimate of drug-likeness (QED) is 0.604. The second kappa shape index (κ2) is 9.71. The molecule has 1 aliphatic rings. The average molecular weight is 340 g/mol. The lowest BCUT2D eigenvalue weighted by Gasteiger charge is -2.25. The standard InChI is InChI=1S/C18H29O4P/c19-11-10-16-15(17(20)12-18(16)21)9-8-14(22-23)7-6-13-4-2-1-3-5-13/h1-5,14-21H,6-12,23H2/t14-,15-,16-,17-,18+/m1/s1. The summed E-state index contributed by atoms with van der Waals surface area (Å²) in [5.74, 6) is 0.0470. The molecule has 0 radical (unpaired) electrons. The molecule has 1 fully saturated rings. The molecule has 1 aromatic rings. The molecular formula is C18H29O4P.